The van der Waals surface area contributed by atoms with Crippen LogP contribution in [0.25, 0.3) is 33.3 Å². The molecular formula is C22H16F3N3O2S. The normalized spacial score (nSPS) is 12.3. The molecule has 9 heteroatoms. The maximum absolute atomic E-state index is 13.5. The highest BCUT2D eigenvalue weighted by Gasteiger charge is 2.33. The molecule has 158 valence electrons. The molecule has 0 aliphatic carbocycles. The zero-order chi connectivity index (χ0) is 22.4. The molecule has 0 saturated carbocycles. The molecule has 4 aromatic rings. The standard InChI is InChI=1S/C22H16F3N3O2S/c1-13-12-27-20-16(7-4-8-17(20)22(23,24)25)19(13)15-6-3-5-14(11-15)18-9-10-26-21(28-18)31(2,29)30/h3-12H,1-2H3. The molecule has 0 fully saturated rings. The fraction of sp³-hybridized carbons (Fsp3) is 0.136. The molecule has 0 aliphatic rings. The van der Waals surface area contributed by atoms with Crippen LogP contribution in [0.15, 0.2) is 66.1 Å². The molecular weight excluding hydrogens is 427 g/mol. The van der Waals surface area contributed by atoms with Crippen LogP contribution in [0, 0.1) is 6.92 Å². The summed E-state index contributed by atoms with van der Waals surface area (Å²) >= 11 is 0. The Bertz CT molecular complexity index is 1420. The fourth-order valence-electron chi connectivity index (χ4n) is 3.45. The van der Waals surface area contributed by atoms with Gasteiger partial charge in [0.15, 0.2) is 0 Å². The second kappa shape index (κ2) is 7.42. The van der Waals surface area contributed by atoms with Crippen molar-refractivity contribution in [1.82, 2.24) is 15.0 Å². The smallest absolute Gasteiger partial charge is 0.255 e. The number of pyridine rings is 1. The van der Waals surface area contributed by atoms with E-state index < -0.39 is 21.6 Å². The molecule has 0 spiro atoms. The second-order valence-corrected chi connectivity index (χ2v) is 9.00. The molecule has 0 unspecified atom stereocenters. The van der Waals surface area contributed by atoms with Crippen molar-refractivity contribution in [3.8, 4) is 22.4 Å². The summed E-state index contributed by atoms with van der Waals surface area (Å²) in [4.78, 5) is 12.0. The molecule has 0 saturated heterocycles. The SMILES string of the molecule is Cc1cnc2c(C(F)(F)F)cccc2c1-c1cccc(-c2ccnc(S(C)(=O)=O)n2)c1. The largest absolute Gasteiger partial charge is 0.418 e. The quantitative estimate of drug-likeness (QED) is 0.413. The van der Waals surface area contributed by atoms with E-state index in [1.807, 2.05) is 0 Å². The Morgan fingerprint density at radius 2 is 1.65 bits per heavy atom. The highest BCUT2D eigenvalue weighted by atomic mass is 32.2. The molecule has 0 atom stereocenters. The highest BCUT2D eigenvalue weighted by molar-refractivity contribution is 7.90. The van der Waals surface area contributed by atoms with Gasteiger partial charge in [0.05, 0.1) is 16.8 Å². The molecule has 0 radical (unpaired) electrons. The Labute approximate surface area is 176 Å². The van der Waals surface area contributed by atoms with Crippen molar-refractivity contribution in [2.45, 2.75) is 18.3 Å². The number of benzene rings is 2. The molecule has 0 aliphatic heterocycles. The van der Waals surface area contributed by atoms with E-state index in [1.165, 1.54) is 18.5 Å². The van der Waals surface area contributed by atoms with Gasteiger partial charge in [0.1, 0.15) is 0 Å². The first-order valence-corrected chi connectivity index (χ1v) is 11.0. The lowest BCUT2D eigenvalue weighted by atomic mass is 9.94. The zero-order valence-corrected chi connectivity index (χ0v) is 17.3. The lowest BCUT2D eigenvalue weighted by Gasteiger charge is -2.15. The van der Waals surface area contributed by atoms with Crippen LogP contribution in [0.5, 0.6) is 0 Å². The van der Waals surface area contributed by atoms with Crippen LogP contribution in [0.4, 0.5) is 13.2 Å². The predicted octanol–water partition coefficient (Wildman–Crippen LogP) is 5.09. The Kier molecular flexibility index (Phi) is 5.01. The average molecular weight is 443 g/mol. The summed E-state index contributed by atoms with van der Waals surface area (Å²) in [7, 11) is -3.59. The van der Waals surface area contributed by atoms with E-state index in [9.17, 15) is 21.6 Å². The fourth-order valence-corrected chi connectivity index (χ4v) is 3.97. The predicted molar refractivity (Wildman–Crippen MR) is 111 cm³/mol. The number of hydrogen-bond acceptors (Lipinski definition) is 5. The summed E-state index contributed by atoms with van der Waals surface area (Å²) in [5.74, 6) is 0. The molecule has 0 bridgehead atoms. The number of fused-ring (bicyclic) bond motifs is 1. The Morgan fingerprint density at radius 1 is 0.935 bits per heavy atom. The van der Waals surface area contributed by atoms with Crippen molar-refractivity contribution in [2.75, 3.05) is 6.26 Å². The van der Waals surface area contributed by atoms with Crippen LogP contribution in [-0.4, -0.2) is 29.6 Å². The van der Waals surface area contributed by atoms with Gasteiger partial charge in [0.25, 0.3) is 0 Å². The first kappa shape index (κ1) is 20.9. The minimum absolute atomic E-state index is 0.123. The number of aromatic nitrogens is 3. The van der Waals surface area contributed by atoms with Crippen LogP contribution < -0.4 is 0 Å². The molecule has 2 aromatic heterocycles. The van der Waals surface area contributed by atoms with Gasteiger partial charge in [-0.05, 0) is 41.8 Å². The number of alkyl halides is 3. The third kappa shape index (κ3) is 4.00. The van der Waals surface area contributed by atoms with E-state index >= 15 is 0 Å². The van der Waals surface area contributed by atoms with Crippen LogP contribution in [0.1, 0.15) is 11.1 Å². The van der Waals surface area contributed by atoms with Gasteiger partial charge < -0.3 is 0 Å². The molecule has 2 aromatic carbocycles. The van der Waals surface area contributed by atoms with Crippen molar-refractivity contribution in [2.24, 2.45) is 0 Å². The summed E-state index contributed by atoms with van der Waals surface area (Å²) in [5.41, 5.74) is 2.09. The maximum atomic E-state index is 13.5. The topological polar surface area (TPSA) is 72.8 Å². The number of nitrogens with zero attached hydrogens (tertiary/aromatic N) is 3. The van der Waals surface area contributed by atoms with E-state index in [4.69, 9.17) is 0 Å². The van der Waals surface area contributed by atoms with E-state index in [0.29, 0.717) is 33.3 Å². The molecule has 4 rings (SSSR count). The van der Waals surface area contributed by atoms with Gasteiger partial charge in [0, 0.05) is 29.6 Å². The Hall–Kier alpha value is -3.33. The van der Waals surface area contributed by atoms with Gasteiger partial charge in [-0.25, -0.2) is 18.4 Å². The summed E-state index contributed by atoms with van der Waals surface area (Å²) in [6.45, 7) is 1.78. The van der Waals surface area contributed by atoms with Crippen molar-refractivity contribution in [1.29, 1.82) is 0 Å². The summed E-state index contributed by atoms with van der Waals surface area (Å²) in [5, 5.41) is 0.0854. The molecule has 5 nitrogen and oxygen atoms in total. The van der Waals surface area contributed by atoms with Gasteiger partial charge in [0.2, 0.25) is 15.0 Å². The second-order valence-electron chi connectivity index (χ2n) is 7.09. The molecule has 0 amide bonds. The number of sulfone groups is 1. The minimum Gasteiger partial charge on any atom is -0.255 e. The maximum Gasteiger partial charge on any atom is 0.418 e. The molecule has 31 heavy (non-hydrogen) atoms. The van der Waals surface area contributed by atoms with Crippen molar-refractivity contribution >= 4 is 20.7 Å². The lowest BCUT2D eigenvalue weighted by Crippen LogP contribution is -2.07. The monoisotopic (exact) mass is 443 g/mol. The number of para-hydroxylation sites is 1. The van der Waals surface area contributed by atoms with Gasteiger partial charge in [-0.2, -0.15) is 13.2 Å². The Balaban J connectivity index is 1.92. The van der Waals surface area contributed by atoms with Crippen LogP contribution >= 0.6 is 0 Å². The summed E-state index contributed by atoms with van der Waals surface area (Å²) < 4.78 is 64.0. The summed E-state index contributed by atoms with van der Waals surface area (Å²) in [6.07, 6.45) is -0.725. The number of rotatable bonds is 3. The Morgan fingerprint density at radius 3 is 2.35 bits per heavy atom. The first-order valence-electron chi connectivity index (χ1n) is 9.15. The van der Waals surface area contributed by atoms with Crippen LogP contribution in [-0.2, 0) is 16.0 Å². The average Bonchev–Trinajstić information content (AvgIpc) is 2.72. The van der Waals surface area contributed by atoms with E-state index in [0.717, 1.165) is 12.3 Å². The lowest BCUT2D eigenvalue weighted by molar-refractivity contribution is -0.136. The van der Waals surface area contributed by atoms with Crippen LogP contribution in [0.3, 0.4) is 0 Å². The van der Waals surface area contributed by atoms with Crippen LogP contribution in [0.2, 0.25) is 0 Å². The highest BCUT2D eigenvalue weighted by Crippen LogP contribution is 2.38. The van der Waals surface area contributed by atoms with Gasteiger partial charge >= 0.3 is 6.18 Å². The van der Waals surface area contributed by atoms with Crippen molar-refractivity contribution < 1.29 is 21.6 Å². The van der Waals surface area contributed by atoms with Gasteiger partial charge in [-0.3, -0.25) is 4.98 Å². The van der Waals surface area contributed by atoms with E-state index in [1.54, 1.807) is 43.3 Å². The van der Waals surface area contributed by atoms with Crippen molar-refractivity contribution in [3.63, 3.8) is 0 Å². The number of aryl methyl sites for hydroxylation is 1. The van der Waals surface area contributed by atoms with Gasteiger partial charge in [-0.15, -0.1) is 0 Å². The first-order chi connectivity index (χ1) is 14.6. The zero-order valence-electron chi connectivity index (χ0n) is 16.5. The molecule has 2 heterocycles. The van der Waals surface area contributed by atoms with Gasteiger partial charge in [-0.1, -0.05) is 30.3 Å². The van der Waals surface area contributed by atoms with Crippen molar-refractivity contribution in [3.05, 3.63) is 72.1 Å². The van der Waals surface area contributed by atoms with E-state index in [2.05, 4.69) is 15.0 Å². The number of halogens is 3. The third-order valence-corrected chi connectivity index (χ3v) is 5.66. The summed E-state index contributed by atoms with van der Waals surface area (Å²) in [6, 6.07) is 12.6. The number of hydrogen-bond donors (Lipinski definition) is 0. The van der Waals surface area contributed by atoms with E-state index in [-0.39, 0.29) is 10.7 Å². The third-order valence-electron chi connectivity index (χ3n) is 4.80. The molecule has 0 N–H and O–H groups in total. The minimum atomic E-state index is -4.52.